The maximum atomic E-state index is 8.50. The van der Waals surface area contributed by atoms with Gasteiger partial charge in [0, 0.05) is 5.41 Å². The summed E-state index contributed by atoms with van der Waals surface area (Å²) in [5, 5.41) is 8.50. The molecule has 0 amide bonds. The van der Waals surface area contributed by atoms with E-state index in [1.165, 1.54) is 89.9 Å². The van der Waals surface area contributed by atoms with Crippen molar-refractivity contribution in [2.24, 2.45) is 28.9 Å². The van der Waals surface area contributed by atoms with E-state index in [0.29, 0.717) is 5.84 Å². The predicted octanol–water partition coefficient (Wildman–Crippen LogP) is 5.26. The maximum absolute atomic E-state index is 8.50. The summed E-state index contributed by atoms with van der Waals surface area (Å²) in [4.78, 5) is 0. The largest absolute Gasteiger partial charge is 0.387 e. The van der Waals surface area contributed by atoms with Crippen LogP contribution in [0.2, 0.25) is 0 Å². The molecule has 0 aromatic rings. The molecule has 3 rings (SSSR count). The van der Waals surface area contributed by atoms with Gasteiger partial charge in [-0.05, 0) is 43.4 Å². The van der Waals surface area contributed by atoms with Gasteiger partial charge in [0.15, 0.2) is 0 Å². The first-order chi connectivity index (χ1) is 10.2. The molecule has 2 unspecified atom stereocenters. The molecule has 0 saturated heterocycles. The summed E-state index contributed by atoms with van der Waals surface area (Å²) in [6.45, 7) is 0. The van der Waals surface area contributed by atoms with Crippen molar-refractivity contribution in [3.63, 3.8) is 0 Å². The van der Waals surface area contributed by atoms with Crippen LogP contribution in [-0.4, -0.2) is 5.84 Å². The van der Waals surface area contributed by atoms with Crippen LogP contribution < -0.4 is 5.73 Å². The Hall–Kier alpha value is -0.530. The molecule has 0 aromatic heterocycles. The molecule has 3 fully saturated rings. The zero-order chi connectivity index (χ0) is 14.7. The van der Waals surface area contributed by atoms with Crippen molar-refractivity contribution in [3.05, 3.63) is 0 Å². The first kappa shape index (κ1) is 15.4. The van der Waals surface area contributed by atoms with Gasteiger partial charge in [0.05, 0.1) is 5.84 Å². The number of nitrogens with one attached hydrogen (secondary N) is 1. The zero-order valence-corrected chi connectivity index (χ0v) is 13.7. The van der Waals surface area contributed by atoms with Gasteiger partial charge in [-0.25, -0.2) is 0 Å². The number of amidine groups is 1. The zero-order valence-electron chi connectivity index (χ0n) is 13.7. The molecule has 0 aliphatic heterocycles. The normalized spacial score (nSPS) is 36.5. The standard InChI is InChI=1S/C19H34N2/c20-18(21)19(16-11-5-2-6-12-16)14-8-7-13-17(19)15-9-3-1-4-10-15/h15-17H,1-14H2,(H3,20,21). The molecule has 0 spiro atoms. The third kappa shape index (κ3) is 2.87. The minimum absolute atomic E-state index is 0.0840. The van der Waals surface area contributed by atoms with E-state index in [4.69, 9.17) is 11.1 Å². The lowest BCUT2D eigenvalue weighted by molar-refractivity contribution is 0.0202. The van der Waals surface area contributed by atoms with Crippen LogP contribution in [0.1, 0.15) is 89.9 Å². The smallest absolute Gasteiger partial charge is 0.0974 e. The molecule has 2 heteroatoms. The fraction of sp³-hybridized carbons (Fsp3) is 0.947. The molecule has 3 aliphatic carbocycles. The van der Waals surface area contributed by atoms with E-state index in [-0.39, 0.29) is 5.41 Å². The molecule has 0 aromatic carbocycles. The molecule has 3 N–H and O–H groups in total. The van der Waals surface area contributed by atoms with Crippen LogP contribution in [0, 0.1) is 28.6 Å². The number of rotatable bonds is 3. The van der Waals surface area contributed by atoms with Crippen LogP contribution >= 0.6 is 0 Å². The lowest BCUT2D eigenvalue weighted by Gasteiger charge is -2.53. The molecule has 2 atom stereocenters. The summed E-state index contributed by atoms with van der Waals surface area (Å²) < 4.78 is 0. The molecule has 0 radical (unpaired) electrons. The van der Waals surface area contributed by atoms with E-state index < -0.39 is 0 Å². The second kappa shape index (κ2) is 6.71. The van der Waals surface area contributed by atoms with Crippen LogP contribution in [0.4, 0.5) is 0 Å². The highest BCUT2D eigenvalue weighted by molar-refractivity contribution is 5.84. The first-order valence-electron chi connectivity index (χ1n) is 9.59. The molecule has 3 saturated carbocycles. The highest BCUT2D eigenvalue weighted by Crippen LogP contribution is 2.55. The van der Waals surface area contributed by atoms with Gasteiger partial charge in [-0.15, -0.1) is 0 Å². The van der Waals surface area contributed by atoms with E-state index in [9.17, 15) is 0 Å². The molecule has 21 heavy (non-hydrogen) atoms. The second-order valence-electron chi connectivity index (χ2n) is 8.04. The highest BCUT2D eigenvalue weighted by atomic mass is 14.8. The van der Waals surface area contributed by atoms with Crippen LogP contribution in [0.3, 0.4) is 0 Å². The Bertz CT molecular complexity index is 353. The fourth-order valence-corrected chi connectivity index (χ4v) is 6.10. The van der Waals surface area contributed by atoms with Gasteiger partial charge in [-0.3, -0.25) is 5.41 Å². The van der Waals surface area contributed by atoms with E-state index in [0.717, 1.165) is 17.8 Å². The molecule has 3 aliphatic rings. The quantitative estimate of drug-likeness (QED) is 0.540. The SMILES string of the molecule is N=C(N)C1(C2CCCCC2)CCCCC1C1CCCCC1. The summed E-state index contributed by atoms with van der Waals surface area (Å²) >= 11 is 0. The molecule has 120 valence electrons. The van der Waals surface area contributed by atoms with E-state index in [1.54, 1.807) is 0 Å². The van der Waals surface area contributed by atoms with Gasteiger partial charge in [-0.1, -0.05) is 64.2 Å². The number of hydrogen-bond acceptors (Lipinski definition) is 1. The van der Waals surface area contributed by atoms with Crippen molar-refractivity contribution in [1.29, 1.82) is 5.41 Å². The van der Waals surface area contributed by atoms with Crippen LogP contribution in [-0.2, 0) is 0 Å². The van der Waals surface area contributed by atoms with Gasteiger partial charge >= 0.3 is 0 Å². The average Bonchev–Trinajstić information content (AvgIpc) is 2.56. The lowest BCUT2D eigenvalue weighted by atomic mass is 9.52. The van der Waals surface area contributed by atoms with E-state index >= 15 is 0 Å². The number of nitrogens with two attached hydrogens (primary N) is 1. The third-order valence-corrected chi connectivity index (χ3v) is 7.07. The maximum Gasteiger partial charge on any atom is 0.0974 e. The Morgan fingerprint density at radius 2 is 1.33 bits per heavy atom. The number of hydrogen-bond donors (Lipinski definition) is 2. The third-order valence-electron chi connectivity index (χ3n) is 7.07. The summed E-state index contributed by atoms with van der Waals surface area (Å²) in [5.41, 5.74) is 6.40. The summed E-state index contributed by atoms with van der Waals surface area (Å²) in [5.74, 6) is 2.87. The van der Waals surface area contributed by atoms with Gasteiger partial charge in [0.1, 0.15) is 0 Å². The van der Waals surface area contributed by atoms with Crippen LogP contribution in [0.15, 0.2) is 0 Å². The van der Waals surface area contributed by atoms with Crippen molar-refractivity contribution in [1.82, 2.24) is 0 Å². The molecule has 0 heterocycles. The summed E-state index contributed by atoms with van der Waals surface area (Å²) in [6, 6.07) is 0. The Labute approximate surface area is 130 Å². The second-order valence-corrected chi connectivity index (χ2v) is 8.04. The molecule has 2 nitrogen and oxygen atoms in total. The van der Waals surface area contributed by atoms with Gasteiger partial charge in [-0.2, -0.15) is 0 Å². The van der Waals surface area contributed by atoms with Crippen molar-refractivity contribution < 1.29 is 0 Å². The van der Waals surface area contributed by atoms with Gasteiger partial charge < -0.3 is 5.73 Å². The monoisotopic (exact) mass is 290 g/mol. The lowest BCUT2D eigenvalue weighted by Crippen LogP contribution is -2.53. The first-order valence-corrected chi connectivity index (χ1v) is 9.59. The average molecular weight is 290 g/mol. The van der Waals surface area contributed by atoms with E-state index in [1.807, 2.05) is 0 Å². The molecular weight excluding hydrogens is 256 g/mol. The highest BCUT2D eigenvalue weighted by Gasteiger charge is 2.51. The Morgan fingerprint density at radius 1 is 0.762 bits per heavy atom. The van der Waals surface area contributed by atoms with Crippen molar-refractivity contribution in [2.75, 3.05) is 0 Å². The summed E-state index contributed by atoms with van der Waals surface area (Å²) in [7, 11) is 0. The molecular formula is C19H34N2. The van der Waals surface area contributed by atoms with Crippen LogP contribution in [0.25, 0.3) is 0 Å². The predicted molar refractivity (Wildman–Crippen MR) is 89.5 cm³/mol. The van der Waals surface area contributed by atoms with Gasteiger partial charge in [0.25, 0.3) is 0 Å². The topological polar surface area (TPSA) is 49.9 Å². The summed E-state index contributed by atoms with van der Waals surface area (Å²) in [6.07, 6.45) is 19.1. The van der Waals surface area contributed by atoms with E-state index in [2.05, 4.69) is 0 Å². The Balaban J connectivity index is 1.87. The van der Waals surface area contributed by atoms with Crippen LogP contribution in [0.5, 0.6) is 0 Å². The minimum atomic E-state index is 0.0840. The van der Waals surface area contributed by atoms with Crippen molar-refractivity contribution in [3.8, 4) is 0 Å². The Morgan fingerprint density at radius 3 is 1.95 bits per heavy atom. The fourth-order valence-electron chi connectivity index (χ4n) is 6.10. The van der Waals surface area contributed by atoms with Crippen molar-refractivity contribution in [2.45, 2.75) is 89.9 Å². The molecule has 0 bridgehead atoms. The van der Waals surface area contributed by atoms with Crippen molar-refractivity contribution >= 4 is 5.84 Å². The minimum Gasteiger partial charge on any atom is -0.387 e. The Kier molecular flexibility index (Phi) is 4.91. The van der Waals surface area contributed by atoms with Gasteiger partial charge in [0.2, 0.25) is 0 Å².